The Morgan fingerprint density at radius 3 is 2.50 bits per heavy atom. The summed E-state index contributed by atoms with van der Waals surface area (Å²) in [5.41, 5.74) is 5.69. The number of likely N-dealkylation sites (tertiary alicyclic amines) is 1. The number of rotatable bonds is 2. The summed E-state index contributed by atoms with van der Waals surface area (Å²) >= 11 is 0. The molecule has 0 amide bonds. The lowest BCUT2D eigenvalue weighted by atomic mass is 9.96. The maximum atomic E-state index is 9.14. The van der Waals surface area contributed by atoms with Crippen molar-refractivity contribution in [1.82, 2.24) is 4.90 Å². The van der Waals surface area contributed by atoms with Crippen LogP contribution in [-0.2, 0) is 0 Å². The molecule has 86 valence electrons. The Balaban J connectivity index is 0.000000791. The van der Waals surface area contributed by atoms with Gasteiger partial charge in [-0.2, -0.15) is 0 Å². The zero-order valence-electron chi connectivity index (χ0n) is 9.92. The fourth-order valence-corrected chi connectivity index (χ4v) is 1.81. The summed E-state index contributed by atoms with van der Waals surface area (Å²) in [6.45, 7) is 9.28. The molecule has 3 N–H and O–H groups in total. The van der Waals surface area contributed by atoms with Gasteiger partial charge in [0.1, 0.15) is 0 Å². The Labute approximate surface area is 88.3 Å². The van der Waals surface area contributed by atoms with Gasteiger partial charge in [0.2, 0.25) is 0 Å². The van der Waals surface area contributed by atoms with Crippen LogP contribution in [0.2, 0.25) is 0 Å². The van der Waals surface area contributed by atoms with Crippen molar-refractivity contribution < 1.29 is 5.11 Å². The van der Waals surface area contributed by atoms with Crippen LogP contribution in [0.5, 0.6) is 0 Å². The second-order valence-electron chi connectivity index (χ2n) is 3.85. The van der Waals surface area contributed by atoms with Crippen LogP contribution >= 0.6 is 0 Å². The van der Waals surface area contributed by atoms with Crippen molar-refractivity contribution in [2.75, 3.05) is 26.2 Å². The molecule has 1 aliphatic heterocycles. The van der Waals surface area contributed by atoms with E-state index < -0.39 is 0 Å². The van der Waals surface area contributed by atoms with E-state index in [9.17, 15) is 0 Å². The summed E-state index contributed by atoms with van der Waals surface area (Å²) in [5, 5.41) is 9.14. The summed E-state index contributed by atoms with van der Waals surface area (Å²) in [6.07, 6.45) is 3.32. The van der Waals surface area contributed by atoms with Gasteiger partial charge < -0.3 is 15.7 Å². The zero-order valence-corrected chi connectivity index (χ0v) is 9.92. The Morgan fingerprint density at radius 2 is 2.00 bits per heavy atom. The molecule has 3 heteroatoms. The van der Waals surface area contributed by atoms with Gasteiger partial charge in [-0.1, -0.05) is 27.2 Å². The van der Waals surface area contributed by atoms with E-state index in [2.05, 4.69) is 11.8 Å². The van der Waals surface area contributed by atoms with Crippen molar-refractivity contribution in [2.24, 2.45) is 5.73 Å². The average molecular weight is 202 g/mol. The molecule has 1 fully saturated rings. The van der Waals surface area contributed by atoms with Gasteiger partial charge in [0.15, 0.2) is 0 Å². The van der Waals surface area contributed by atoms with Crippen LogP contribution in [0, 0.1) is 0 Å². The van der Waals surface area contributed by atoms with E-state index in [1.54, 1.807) is 0 Å². The monoisotopic (exact) mass is 202 g/mol. The molecule has 0 radical (unpaired) electrons. The van der Waals surface area contributed by atoms with Crippen molar-refractivity contribution in [1.29, 1.82) is 0 Å². The Morgan fingerprint density at radius 1 is 1.36 bits per heavy atom. The number of hydrogen-bond donors (Lipinski definition) is 2. The molecular formula is C11H26N2O. The van der Waals surface area contributed by atoms with E-state index in [0.717, 1.165) is 32.5 Å². The Kier molecular flexibility index (Phi) is 7.15. The lowest BCUT2D eigenvalue weighted by Gasteiger charge is -2.30. The normalized spacial score (nSPS) is 28.9. The first-order chi connectivity index (χ1) is 6.70. The van der Waals surface area contributed by atoms with Crippen molar-refractivity contribution in [3.8, 4) is 0 Å². The molecule has 0 spiro atoms. The molecule has 1 saturated heterocycles. The Bertz CT molecular complexity index is 141. The summed E-state index contributed by atoms with van der Waals surface area (Å²) in [6, 6.07) is 0. The molecule has 1 unspecified atom stereocenters. The smallest absolute Gasteiger partial charge is 0.0623 e. The molecule has 1 aliphatic rings. The van der Waals surface area contributed by atoms with Gasteiger partial charge in [0, 0.05) is 6.54 Å². The maximum Gasteiger partial charge on any atom is 0.0623 e. The molecule has 1 atom stereocenters. The highest BCUT2D eigenvalue weighted by Crippen LogP contribution is 2.17. The van der Waals surface area contributed by atoms with Crippen LogP contribution in [0.15, 0.2) is 0 Å². The van der Waals surface area contributed by atoms with E-state index in [0.29, 0.717) is 0 Å². The number of aliphatic hydroxyl groups is 1. The molecule has 0 aromatic heterocycles. The van der Waals surface area contributed by atoms with Crippen molar-refractivity contribution in [3.63, 3.8) is 0 Å². The van der Waals surface area contributed by atoms with Crippen molar-refractivity contribution in [2.45, 2.75) is 45.6 Å². The van der Waals surface area contributed by atoms with E-state index in [4.69, 9.17) is 10.8 Å². The van der Waals surface area contributed by atoms with Gasteiger partial charge in [-0.25, -0.2) is 0 Å². The number of nitrogens with two attached hydrogens (primary N) is 1. The molecule has 1 rings (SSSR count). The maximum absolute atomic E-state index is 9.14. The van der Waals surface area contributed by atoms with Crippen LogP contribution in [0.1, 0.15) is 40.0 Å². The quantitative estimate of drug-likeness (QED) is 0.707. The highest BCUT2D eigenvalue weighted by atomic mass is 16.3. The van der Waals surface area contributed by atoms with Gasteiger partial charge in [0.25, 0.3) is 0 Å². The topological polar surface area (TPSA) is 49.5 Å². The zero-order chi connectivity index (χ0) is 11.0. The molecule has 0 aromatic carbocycles. The number of hydrogen-bond acceptors (Lipinski definition) is 3. The molecule has 0 saturated carbocycles. The third-order valence-corrected chi connectivity index (χ3v) is 2.70. The Hall–Kier alpha value is -0.120. The van der Waals surface area contributed by atoms with Gasteiger partial charge >= 0.3 is 0 Å². The lowest BCUT2D eigenvalue weighted by Crippen LogP contribution is -2.51. The number of likely N-dealkylation sites (N-methyl/N-ethyl adjacent to an activating group) is 1. The number of nitrogens with zero attached hydrogens (tertiary/aromatic N) is 1. The van der Waals surface area contributed by atoms with Crippen molar-refractivity contribution >= 4 is 0 Å². The minimum absolute atomic E-state index is 0.115. The fourth-order valence-electron chi connectivity index (χ4n) is 1.81. The summed E-state index contributed by atoms with van der Waals surface area (Å²) < 4.78 is 0. The van der Waals surface area contributed by atoms with E-state index in [1.807, 2.05) is 13.8 Å². The minimum atomic E-state index is -0.341. The van der Waals surface area contributed by atoms with Crippen LogP contribution in [0.4, 0.5) is 0 Å². The van der Waals surface area contributed by atoms with Crippen LogP contribution in [-0.4, -0.2) is 41.8 Å². The first-order valence-electron chi connectivity index (χ1n) is 5.82. The summed E-state index contributed by atoms with van der Waals surface area (Å²) in [4.78, 5) is 2.32. The molecule has 1 heterocycles. The highest BCUT2D eigenvalue weighted by molar-refractivity contribution is 4.88. The molecule has 3 nitrogen and oxygen atoms in total. The number of aliphatic hydroxyl groups excluding tert-OH is 1. The summed E-state index contributed by atoms with van der Waals surface area (Å²) in [7, 11) is 0. The van der Waals surface area contributed by atoms with Crippen LogP contribution in [0.3, 0.4) is 0 Å². The van der Waals surface area contributed by atoms with Crippen LogP contribution < -0.4 is 5.73 Å². The largest absolute Gasteiger partial charge is 0.394 e. The van der Waals surface area contributed by atoms with Gasteiger partial charge in [-0.15, -0.1) is 0 Å². The molecular weight excluding hydrogens is 176 g/mol. The first-order valence-corrected chi connectivity index (χ1v) is 5.82. The third-order valence-electron chi connectivity index (χ3n) is 2.70. The third kappa shape index (κ3) is 4.40. The SMILES string of the molecule is CC.CCN1CCCCC(N)(CO)C1. The molecule has 0 aromatic rings. The van der Waals surface area contributed by atoms with E-state index >= 15 is 0 Å². The van der Waals surface area contributed by atoms with E-state index in [-0.39, 0.29) is 12.1 Å². The standard InChI is InChI=1S/C9H20N2O.C2H6/c1-2-11-6-4-3-5-9(10,7-11)8-12;1-2/h12H,2-8,10H2,1H3;1-2H3. The van der Waals surface area contributed by atoms with Gasteiger partial charge in [-0.3, -0.25) is 0 Å². The second-order valence-corrected chi connectivity index (χ2v) is 3.85. The predicted octanol–water partition coefficient (Wildman–Crippen LogP) is 1.21. The minimum Gasteiger partial charge on any atom is -0.394 e. The lowest BCUT2D eigenvalue weighted by molar-refractivity contribution is 0.148. The van der Waals surface area contributed by atoms with Crippen molar-refractivity contribution in [3.05, 3.63) is 0 Å². The van der Waals surface area contributed by atoms with E-state index in [1.165, 1.54) is 6.42 Å². The molecule has 14 heavy (non-hydrogen) atoms. The fraction of sp³-hybridized carbons (Fsp3) is 1.00. The van der Waals surface area contributed by atoms with Gasteiger partial charge in [0.05, 0.1) is 12.1 Å². The second kappa shape index (κ2) is 7.21. The average Bonchev–Trinajstić information content (AvgIpc) is 2.44. The van der Waals surface area contributed by atoms with Crippen LogP contribution in [0.25, 0.3) is 0 Å². The van der Waals surface area contributed by atoms with Gasteiger partial charge in [-0.05, 0) is 25.9 Å². The highest BCUT2D eigenvalue weighted by Gasteiger charge is 2.28. The molecule has 0 aliphatic carbocycles. The summed E-state index contributed by atoms with van der Waals surface area (Å²) in [5.74, 6) is 0. The molecule has 0 bridgehead atoms. The first kappa shape index (κ1) is 13.9. The predicted molar refractivity (Wildman–Crippen MR) is 61.3 cm³/mol.